The van der Waals surface area contributed by atoms with E-state index in [9.17, 15) is 0 Å². The van der Waals surface area contributed by atoms with Crippen molar-refractivity contribution >= 4 is 32.8 Å². The summed E-state index contributed by atoms with van der Waals surface area (Å²) in [5, 5.41) is 2.24. The van der Waals surface area contributed by atoms with Gasteiger partial charge in [-0.05, 0) is 54.1 Å². The Morgan fingerprint density at radius 2 is 1.10 bits per heavy atom. The predicted octanol–water partition coefficient (Wildman–Crippen LogP) is 8.52. The molecule has 41 heavy (non-hydrogen) atoms. The Kier molecular flexibility index (Phi) is 5.38. The van der Waals surface area contributed by atoms with Crippen LogP contribution in [0.3, 0.4) is 0 Å². The van der Waals surface area contributed by atoms with Crippen molar-refractivity contribution in [3.05, 3.63) is 140 Å². The van der Waals surface area contributed by atoms with Crippen LogP contribution in [0.1, 0.15) is 0 Å². The van der Waals surface area contributed by atoms with Crippen LogP contribution in [0.4, 0.5) is 0 Å². The standard InChI is InChI=1S/C36H23N5/c1-2-15-32-28(10-1)36-33(16-7-23-38-36)41(32)34-17-5-14-31(40-34)30-13-4-12-29(39-30)25-20-18-24(19-21-25)27-11-3-8-26-9-6-22-37-35(26)27/h1-23H. The number of para-hydroxylation sites is 2. The quantitative estimate of drug-likeness (QED) is 0.231. The van der Waals surface area contributed by atoms with E-state index in [2.05, 4.69) is 87.3 Å². The van der Waals surface area contributed by atoms with Crippen molar-refractivity contribution in [3.63, 3.8) is 0 Å². The minimum atomic E-state index is 0.817. The summed E-state index contributed by atoms with van der Waals surface area (Å²) in [6.07, 6.45) is 3.68. The number of aromatic nitrogens is 5. The second kappa shape index (κ2) is 9.50. The lowest BCUT2D eigenvalue weighted by atomic mass is 10.00. The van der Waals surface area contributed by atoms with Gasteiger partial charge in [-0.1, -0.05) is 78.9 Å². The van der Waals surface area contributed by atoms with Crippen molar-refractivity contribution in [1.29, 1.82) is 0 Å². The van der Waals surface area contributed by atoms with Crippen LogP contribution in [0.25, 0.3) is 72.4 Å². The number of benzene rings is 3. The average molecular weight is 526 g/mol. The van der Waals surface area contributed by atoms with Gasteiger partial charge in [0, 0.05) is 34.3 Å². The van der Waals surface area contributed by atoms with Crippen LogP contribution in [-0.2, 0) is 0 Å². The highest BCUT2D eigenvalue weighted by molar-refractivity contribution is 6.06. The van der Waals surface area contributed by atoms with Gasteiger partial charge in [0.1, 0.15) is 5.82 Å². The van der Waals surface area contributed by atoms with Gasteiger partial charge in [-0.3, -0.25) is 14.5 Å². The molecule has 0 atom stereocenters. The van der Waals surface area contributed by atoms with Crippen LogP contribution < -0.4 is 0 Å². The molecule has 0 radical (unpaired) electrons. The highest BCUT2D eigenvalue weighted by Crippen LogP contribution is 2.32. The lowest BCUT2D eigenvalue weighted by Crippen LogP contribution is -1.99. The van der Waals surface area contributed by atoms with Gasteiger partial charge in [0.15, 0.2) is 0 Å². The molecule has 0 saturated carbocycles. The summed E-state index contributed by atoms with van der Waals surface area (Å²) >= 11 is 0. The van der Waals surface area contributed by atoms with Gasteiger partial charge in [0.25, 0.3) is 0 Å². The highest BCUT2D eigenvalue weighted by Gasteiger charge is 2.14. The van der Waals surface area contributed by atoms with Gasteiger partial charge in [0.05, 0.1) is 39.1 Å². The fraction of sp³-hybridized carbons (Fsp3) is 0. The molecule has 5 heteroatoms. The van der Waals surface area contributed by atoms with E-state index in [0.717, 1.165) is 72.4 Å². The summed E-state index contributed by atoms with van der Waals surface area (Å²) in [7, 11) is 0. The molecule has 0 fully saturated rings. The summed E-state index contributed by atoms with van der Waals surface area (Å²) in [6.45, 7) is 0. The summed E-state index contributed by atoms with van der Waals surface area (Å²) < 4.78 is 2.17. The average Bonchev–Trinajstić information content (AvgIpc) is 3.39. The Bertz CT molecular complexity index is 2150. The normalized spacial score (nSPS) is 11.4. The van der Waals surface area contributed by atoms with Crippen LogP contribution in [0.5, 0.6) is 0 Å². The SMILES string of the molecule is c1cc(-c2ccc(-c3cccc4cccnc34)cc2)nc(-c2cccc(-n3c4ccccc4c4ncccc43)n2)c1. The van der Waals surface area contributed by atoms with Crippen LogP contribution in [0.15, 0.2) is 140 Å². The zero-order chi connectivity index (χ0) is 27.2. The summed E-state index contributed by atoms with van der Waals surface area (Å²) in [4.78, 5) is 19.4. The monoisotopic (exact) mass is 525 g/mol. The first kappa shape index (κ1) is 23.2. The van der Waals surface area contributed by atoms with Crippen molar-refractivity contribution in [3.8, 4) is 39.6 Å². The lowest BCUT2D eigenvalue weighted by molar-refractivity contribution is 1.08. The molecule has 192 valence electrons. The summed E-state index contributed by atoms with van der Waals surface area (Å²) in [5.41, 5.74) is 9.93. The van der Waals surface area contributed by atoms with E-state index in [1.165, 1.54) is 0 Å². The van der Waals surface area contributed by atoms with Crippen molar-refractivity contribution in [2.75, 3.05) is 0 Å². The number of nitrogens with zero attached hydrogens (tertiary/aromatic N) is 5. The van der Waals surface area contributed by atoms with Gasteiger partial charge in [0.2, 0.25) is 0 Å². The number of hydrogen-bond donors (Lipinski definition) is 0. The first-order valence-electron chi connectivity index (χ1n) is 13.6. The molecule has 0 saturated heterocycles. The van der Waals surface area contributed by atoms with E-state index < -0.39 is 0 Å². The summed E-state index contributed by atoms with van der Waals surface area (Å²) in [6, 6.07) is 43.4. The number of hydrogen-bond acceptors (Lipinski definition) is 4. The van der Waals surface area contributed by atoms with Crippen LogP contribution >= 0.6 is 0 Å². The third-order valence-electron chi connectivity index (χ3n) is 7.53. The molecule has 0 amide bonds. The van der Waals surface area contributed by atoms with Crippen molar-refractivity contribution < 1.29 is 0 Å². The second-order valence-electron chi connectivity index (χ2n) is 9.97. The van der Waals surface area contributed by atoms with E-state index in [1.54, 1.807) is 0 Å². The van der Waals surface area contributed by atoms with E-state index >= 15 is 0 Å². The number of pyridine rings is 4. The molecule has 0 aliphatic carbocycles. The molecule has 5 nitrogen and oxygen atoms in total. The lowest BCUT2D eigenvalue weighted by Gasteiger charge is -2.10. The third kappa shape index (κ3) is 3.95. The first-order valence-corrected chi connectivity index (χ1v) is 13.6. The summed E-state index contributed by atoms with van der Waals surface area (Å²) in [5.74, 6) is 0.835. The third-order valence-corrected chi connectivity index (χ3v) is 7.53. The molecule has 0 N–H and O–H groups in total. The largest absolute Gasteiger partial charge is 0.292 e. The maximum atomic E-state index is 5.07. The van der Waals surface area contributed by atoms with E-state index in [-0.39, 0.29) is 0 Å². The smallest absolute Gasteiger partial charge is 0.138 e. The van der Waals surface area contributed by atoms with Crippen LogP contribution in [0.2, 0.25) is 0 Å². The molecule has 0 aliphatic heterocycles. The Hall–Kier alpha value is -5.68. The molecule has 5 heterocycles. The van der Waals surface area contributed by atoms with Gasteiger partial charge >= 0.3 is 0 Å². The van der Waals surface area contributed by atoms with Gasteiger partial charge in [-0.15, -0.1) is 0 Å². The van der Waals surface area contributed by atoms with Gasteiger partial charge in [-0.25, -0.2) is 9.97 Å². The molecule has 8 rings (SSSR count). The van der Waals surface area contributed by atoms with Crippen LogP contribution in [0, 0.1) is 0 Å². The molecule has 8 aromatic rings. The first-order chi connectivity index (χ1) is 20.3. The highest BCUT2D eigenvalue weighted by atomic mass is 15.1. The Labute approximate surface area is 236 Å². The Morgan fingerprint density at radius 1 is 0.439 bits per heavy atom. The second-order valence-corrected chi connectivity index (χ2v) is 9.97. The molecule has 3 aromatic carbocycles. The fourth-order valence-electron chi connectivity index (χ4n) is 5.62. The molecular weight excluding hydrogens is 502 g/mol. The van der Waals surface area contributed by atoms with E-state index in [0.29, 0.717) is 0 Å². The topological polar surface area (TPSA) is 56.5 Å². The van der Waals surface area contributed by atoms with Crippen molar-refractivity contribution in [2.24, 2.45) is 0 Å². The molecule has 0 spiro atoms. The van der Waals surface area contributed by atoms with E-state index in [4.69, 9.17) is 9.97 Å². The fourth-order valence-corrected chi connectivity index (χ4v) is 5.62. The van der Waals surface area contributed by atoms with Crippen LogP contribution in [-0.4, -0.2) is 24.5 Å². The molecule has 0 bridgehead atoms. The minimum Gasteiger partial charge on any atom is -0.292 e. The molecule has 0 aliphatic rings. The van der Waals surface area contributed by atoms with Crippen molar-refractivity contribution in [1.82, 2.24) is 24.5 Å². The molecular formula is C36H23N5. The predicted molar refractivity (Wildman–Crippen MR) is 166 cm³/mol. The number of rotatable bonds is 4. The minimum absolute atomic E-state index is 0.817. The molecule has 0 unspecified atom stereocenters. The Balaban J connectivity index is 1.17. The maximum Gasteiger partial charge on any atom is 0.138 e. The number of fused-ring (bicyclic) bond motifs is 4. The zero-order valence-electron chi connectivity index (χ0n) is 22.0. The Morgan fingerprint density at radius 3 is 2.00 bits per heavy atom. The van der Waals surface area contributed by atoms with E-state index in [1.807, 2.05) is 67.0 Å². The van der Waals surface area contributed by atoms with Gasteiger partial charge < -0.3 is 0 Å². The zero-order valence-corrected chi connectivity index (χ0v) is 22.0. The van der Waals surface area contributed by atoms with Crippen molar-refractivity contribution in [2.45, 2.75) is 0 Å². The molecule has 5 aromatic heterocycles. The van der Waals surface area contributed by atoms with Gasteiger partial charge in [-0.2, -0.15) is 0 Å². The maximum absolute atomic E-state index is 5.07.